The van der Waals surface area contributed by atoms with Gasteiger partial charge in [0.1, 0.15) is 5.78 Å². The summed E-state index contributed by atoms with van der Waals surface area (Å²) in [5.41, 5.74) is 0. The van der Waals surface area contributed by atoms with Crippen molar-refractivity contribution in [2.24, 2.45) is 11.8 Å². The standard InChI is InChI=1S/C8H12O3S/c9-8-3-6-1-2-12(10,11)5-7(6)4-8/h6-7H,1-5H2. The lowest BCUT2D eigenvalue weighted by molar-refractivity contribution is -0.117. The van der Waals surface area contributed by atoms with E-state index in [2.05, 4.69) is 0 Å². The van der Waals surface area contributed by atoms with Gasteiger partial charge in [-0.1, -0.05) is 0 Å². The summed E-state index contributed by atoms with van der Waals surface area (Å²) in [7, 11) is -2.81. The van der Waals surface area contributed by atoms with Gasteiger partial charge >= 0.3 is 0 Å². The molecule has 0 spiro atoms. The highest BCUT2D eigenvalue weighted by atomic mass is 32.2. The number of hydrogen-bond donors (Lipinski definition) is 0. The van der Waals surface area contributed by atoms with Crippen LogP contribution in [0.5, 0.6) is 0 Å². The Morgan fingerprint density at radius 2 is 1.83 bits per heavy atom. The number of carbonyl (C=O) groups is 1. The first-order chi connectivity index (χ1) is 5.57. The van der Waals surface area contributed by atoms with E-state index in [4.69, 9.17) is 0 Å². The monoisotopic (exact) mass is 188 g/mol. The molecule has 2 aliphatic rings. The minimum absolute atomic E-state index is 0.149. The molecule has 1 aliphatic heterocycles. The molecule has 2 rings (SSSR count). The second-order valence-corrected chi connectivity index (χ2v) is 6.10. The molecule has 0 amide bonds. The van der Waals surface area contributed by atoms with E-state index >= 15 is 0 Å². The van der Waals surface area contributed by atoms with Crippen LogP contribution < -0.4 is 0 Å². The average Bonchev–Trinajstić information content (AvgIpc) is 2.26. The van der Waals surface area contributed by atoms with Crippen LogP contribution >= 0.6 is 0 Å². The van der Waals surface area contributed by atoms with Gasteiger partial charge in [0, 0.05) is 12.8 Å². The number of sulfone groups is 1. The summed E-state index contributed by atoms with van der Waals surface area (Å²) in [6.07, 6.45) is 1.84. The summed E-state index contributed by atoms with van der Waals surface area (Å²) in [5, 5.41) is 0. The molecule has 0 radical (unpaired) electrons. The van der Waals surface area contributed by atoms with E-state index in [1.807, 2.05) is 0 Å². The van der Waals surface area contributed by atoms with Crippen molar-refractivity contribution in [2.45, 2.75) is 19.3 Å². The zero-order chi connectivity index (χ0) is 8.77. The molecule has 3 nitrogen and oxygen atoms in total. The quantitative estimate of drug-likeness (QED) is 0.553. The first kappa shape index (κ1) is 8.23. The summed E-state index contributed by atoms with van der Waals surface area (Å²) in [5.74, 6) is 1.32. The third kappa shape index (κ3) is 1.40. The fourth-order valence-corrected chi connectivity index (χ4v) is 4.15. The van der Waals surface area contributed by atoms with E-state index in [1.165, 1.54) is 0 Å². The third-order valence-corrected chi connectivity index (χ3v) is 4.71. The molecular weight excluding hydrogens is 176 g/mol. The van der Waals surface area contributed by atoms with Gasteiger partial charge < -0.3 is 0 Å². The van der Waals surface area contributed by atoms with E-state index in [1.54, 1.807) is 0 Å². The predicted molar refractivity (Wildman–Crippen MR) is 44.5 cm³/mol. The number of hydrogen-bond acceptors (Lipinski definition) is 3. The Bertz CT molecular complexity index is 304. The van der Waals surface area contributed by atoms with Crippen molar-refractivity contribution in [1.82, 2.24) is 0 Å². The van der Waals surface area contributed by atoms with Gasteiger partial charge in [0.05, 0.1) is 11.5 Å². The number of fused-ring (bicyclic) bond motifs is 1. The van der Waals surface area contributed by atoms with Gasteiger partial charge in [0.15, 0.2) is 9.84 Å². The van der Waals surface area contributed by atoms with Crippen molar-refractivity contribution in [1.29, 1.82) is 0 Å². The van der Waals surface area contributed by atoms with E-state index in [9.17, 15) is 13.2 Å². The summed E-state index contributed by atoms with van der Waals surface area (Å²) in [6, 6.07) is 0. The molecule has 1 saturated carbocycles. The van der Waals surface area contributed by atoms with Crippen LogP contribution in [-0.2, 0) is 14.6 Å². The average molecular weight is 188 g/mol. The van der Waals surface area contributed by atoms with Crippen LogP contribution in [0.3, 0.4) is 0 Å². The van der Waals surface area contributed by atoms with Crippen molar-refractivity contribution in [3.63, 3.8) is 0 Å². The largest absolute Gasteiger partial charge is 0.300 e. The van der Waals surface area contributed by atoms with Crippen LogP contribution in [0.2, 0.25) is 0 Å². The smallest absolute Gasteiger partial charge is 0.150 e. The van der Waals surface area contributed by atoms with E-state index in [0.29, 0.717) is 30.9 Å². The Labute approximate surface area is 72.1 Å². The van der Waals surface area contributed by atoms with Gasteiger partial charge in [-0.25, -0.2) is 8.42 Å². The highest BCUT2D eigenvalue weighted by Gasteiger charge is 2.39. The summed E-state index contributed by atoms with van der Waals surface area (Å²) < 4.78 is 22.4. The Morgan fingerprint density at radius 3 is 2.58 bits per heavy atom. The van der Waals surface area contributed by atoms with Gasteiger partial charge in [0.2, 0.25) is 0 Å². The van der Waals surface area contributed by atoms with Crippen LogP contribution in [0.1, 0.15) is 19.3 Å². The maximum atomic E-state index is 11.2. The molecule has 68 valence electrons. The summed E-state index contributed by atoms with van der Waals surface area (Å²) in [6.45, 7) is 0. The lowest BCUT2D eigenvalue weighted by atomic mass is 9.95. The van der Waals surface area contributed by atoms with Gasteiger partial charge in [-0.2, -0.15) is 0 Å². The van der Waals surface area contributed by atoms with Crippen molar-refractivity contribution < 1.29 is 13.2 Å². The lowest BCUT2D eigenvalue weighted by Gasteiger charge is -2.23. The zero-order valence-corrected chi connectivity index (χ0v) is 7.64. The minimum atomic E-state index is -2.81. The highest BCUT2D eigenvalue weighted by molar-refractivity contribution is 7.91. The van der Waals surface area contributed by atoms with Crippen LogP contribution in [0.4, 0.5) is 0 Å². The van der Waals surface area contributed by atoms with E-state index in [0.717, 1.165) is 0 Å². The SMILES string of the molecule is O=C1CC2CCS(=O)(=O)CC2C1. The van der Waals surface area contributed by atoms with Gasteiger partial charge in [-0.15, -0.1) is 0 Å². The van der Waals surface area contributed by atoms with Crippen molar-refractivity contribution >= 4 is 15.6 Å². The molecule has 0 bridgehead atoms. The van der Waals surface area contributed by atoms with Crippen LogP contribution in [-0.4, -0.2) is 25.7 Å². The Hall–Kier alpha value is -0.380. The minimum Gasteiger partial charge on any atom is -0.300 e. The molecule has 1 aliphatic carbocycles. The summed E-state index contributed by atoms with van der Waals surface area (Å²) >= 11 is 0. The first-order valence-corrected chi connectivity index (χ1v) is 6.11. The highest BCUT2D eigenvalue weighted by Crippen LogP contribution is 2.36. The first-order valence-electron chi connectivity index (χ1n) is 4.29. The Balaban J connectivity index is 2.17. The zero-order valence-electron chi connectivity index (χ0n) is 6.82. The second kappa shape index (κ2) is 2.55. The van der Waals surface area contributed by atoms with E-state index < -0.39 is 9.84 Å². The predicted octanol–water partition coefficient (Wildman–Crippen LogP) is 0.400. The molecule has 0 aromatic rings. The lowest BCUT2D eigenvalue weighted by Crippen LogP contribution is -2.29. The Morgan fingerprint density at radius 1 is 1.17 bits per heavy atom. The van der Waals surface area contributed by atoms with Crippen molar-refractivity contribution in [3.8, 4) is 0 Å². The molecule has 1 saturated heterocycles. The molecule has 4 heteroatoms. The second-order valence-electron chi connectivity index (χ2n) is 3.87. The molecule has 0 aromatic heterocycles. The molecule has 0 N–H and O–H groups in total. The van der Waals surface area contributed by atoms with Gasteiger partial charge in [-0.05, 0) is 18.3 Å². The Kier molecular flexibility index (Phi) is 1.75. The molecule has 1 heterocycles. The van der Waals surface area contributed by atoms with E-state index in [-0.39, 0.29) is 17.5 Å². The van der Waals surface area contributed by atoms with Gasteiger partial charge in [0.25, 0.3) is 0 Å². The summed E-state index contributed by atoms with van der Waals surface area (Å²) in [4.78, 5) is 11.0. The normalized spacial score (nSPS) is 39.5. The maximum absolute atomic E-state index is 11.2. The molecular formula is C8H12O3S. The van der Waals surface area contributed by atoms with Crippen LogP contribution in [0.15, 0.2) is 0 Å². The molecule has 2 unspecified atom stereocenters. The topological polar surface area (TPSA) is 51.2 Å². The van der Waals surface area contributed by atoms with Crippen molar-refractivity contribution in [3.05, 3.63) is 0 Å². The number of ketones is 1. The fourth-order valence-electron chi connectivity index (χ4n) is 2.27. The fraction of sp³-hybridized carbons (Fsp3) is 0.875. The van der Waals surface area contributed by atoms with Gasteiger partial charge in [-0.3, -0.25) is 4.79 Å². The molecule has 2 fully saturated rings. The number of rotatable bonds is 0. The molecule has 0 aromatic carbocycles. The number of Topliss-reactive ketones (excluding diaryl/α,β-unsaturated/α-hetero) is 1. The third-order valence-electron chi connectivity index (χ3n) is 2.91. The van der Waals surface area contributed by atoms with Crippen LogP contribution in [0.25, 0.3) is 0 Å². The van der Waals surface area contributed by atoms with Crippen molar-refractivity contribution in [2.75, 3.05) is 11.5 Å². The van der Waals surface area contributed by atoms with Crippen LogP contribution in [0, 0.1) is 11.8 Å². The maximum Gasteiger partial charge on any atom is 0.150 e. The molecule has 12 heavy (non-hydrogen) atoms. The number of carbonyl (C=O) groups excluding carboxylic acids is 1. The molecule has 2 atom stereocenters.